The summed E-state index contributed by atoms with van der Waals surface area (Å²) < 4.78 is 5.16. The lowest BCUT2D eigenvalue weighted by Gasteiger charge is -2.21. The molecule has 0 fully saturated rings. The molecule has 10 heteroatoms. The standard InChI is InChI=1S/C27H27N5O5/c1-17(29-26(35)37-27(2,3)4)24(33)31-23-15-21(25(34)32-36)14-22(30-23)20-11-9-18(10-12-20)7-8-19-6-5-13-28-16-19/h5-6,9-17,36H,1-4H3,(H,29,35)(H,32,34)(H,30,31,33). The number of carbonyl (C=O) groups is 3. The van der Waals surface area contributed by atoms with Crippen LogP contribution in [0.3, 0.4) is 0 Å². The van der Waals surface area contributed by atoms with Crippen LogP contribution >= 0.6 is 0 Å². The highest BCUT2D eigenvalue weighted by atomic mass is 16.6. The van der Waals surface area contributed by atoms with Gasteiger partial charge in [-0.05, 0) is 64.1 Å². The van der Waals surface area contributed by atoms with Crippen LogP contribution in [-0.2, 0) is 9.53 Å². The van der Waals surface area contributed by atoms with Gasteiger partial charge in [-0.25, -0.2) is 15.3 Å². The lowest BCUT2D eigenvalue weighted by Crippen LogP contribution is -2.44. The molecule has 2 heterocycles. The molecule has 0 radical (unpaired) electrons. The van der Waals surface area contributed by atoms with Crippen molar-refractivity contribution >= 4 is 23.7 Å². The highest BCUT2D eigenvalue weighted by Gasteiger charge is 2.22. The van der Waals surface area contributed by atoms with E-state index in [0.29, 0.717) is 11.3 Å². The summed E-state index contributed by atoms with van der Waals surface area (Å²) in [5.41, 5.74) is 3.48. The lowest BCUT2D eigenvalue weighted by atomic mass is 10.1. The number of carbonyl (C=O) groups excluding carboxylic acids is 3. The van der Waals surface area contributed by atoms with E-state index < -0.39 is 29.6 Å². The molecular weight excluding hydrogens is 474 g/mol. The van der Waals surface area contributed by atoms with Gasteiger partial charge in [0.05, 0.1) is 5.69 Å². The van der Waals surface area contributed by atoms with E-state index in [9.17, 15) is 14.4 Å². The number of amides is 3. The minimum atomic E-state index is -0.951. The summed E-state index contributed by atoms with van der Waals surface area (Å²) in [5.74, 6) is 4.77. The molecule has 2 aromatic heterocycles. The number of alkyl carbamates (subject to hydrolysis) is 1. The molecule has 0 aliphatic rings. The first-order valence-corrected chi connectivity index (χ1v) is 11.3. The first-order chi connectivity index (χ1) is 17.5. The van der Waals surface area contributed by atoms with Crippen molar-refractivity contribution in [2.45, 2.75) is 39.3 Å². The molecule has 0 aliphatic carbocycles. The van der Waals surface area contributed by atoms with Crippen LogP contribution in [0.4, 0.5) is 10.6 Å². The van der Waals surface area contributed by atoms with Gasteiger partial charge in [0.1, 0.15) is 17.5 Å². The Labute approximate surface area is 214 Å². The Bertz CT molecular complexity index is 1340. The van der Waals surface area contributed by atoms with Gasteiger partial charge in [-0.2, -0.15) is 0 Å². The number of anilines is 1. The Hall–Kier alpha value is -4.75. The van der Waals surface area contributed by atoms with Crippen LogP contribution in [0.1, 0.15) is 49.2 Å². The van der Waals surface area contributed by atoms with E-state index in [-0.39, 0.29) is 11.4 Å². The molecule has 0 saturated heterocycles. The molecule has 0 aliphatic heterocycles. The van der Waals surface area contributed by atoms with Crippen molar-refractivity contribution in [1.29, 1.82) is 0 Å². The molecule has 4 N–H and O–H groups in total. The first kappa shape index (κ1) is 26.8. The molecule has 1 unspecified atom stereocenters. The number of benzene rings is 1. The van der Waals surface area contributed by atoms with Crippen LogP contribution < -0.4 is 16.1 Å². The monoisotopic (exact) mass is 501 g/mol. The summed E-state index contributed by atoms with van der Waals surface area (Å²) in [6.45, 7) is 6.61. The molecule has 0 bridgehead atoms. The molecule has 10 nitrogen and oxygen atoms in total. The van der Waals surface area contributed by atoms with Gasteiger partial charge in [0.2, 0.25) is 5.91 Å². The lowest BCUT2D eigenvalue weighted by molar-refractivity contribution is -0.117. The smallest absolute Gasteiger partial charge is 0.408 e. The maximum absolute atomic E-state index is 12.7. The van der Waals surface area contributed by atoms with E-state index >= 15 is 0 Å². The van der Waals surface area contributed by atoms with Crippen LogP contribution in [0.15, 0.2) is 60.9 Å². The van der Waals surface area contributed by atoms with Crippen LogP contribution in [0.5, 0.6) is 0 Å². The van der Waals surface area contributed by atoms with Gasteiger partial charge in [0.15, 0.2) is 0 Å². The Morgan fingerprint density at radius 1 is 1.03 bits per heavy atom. The number of hydroxylamine groups is 1. The van der Waals surface area contributed by atoms with Crippen molar-refractivity contribution < 1.29 is 24.3 Å². The van der Waals surface area contributed by atoms with E-state index in [4.69, 9.17) is 9.94 Å². The van der Waals surface area contributed by atoms with Gasteiger partial charge in [-0.3, -0.25) is 19.8 Å². The van der Waals surface area contributed by atoms with Gasteiger partial charge in [-0.1, -0.05) is 24.0 Å². The quantitative estimate of drug-likeness (QED) is 0.238. The Morgan fingerprint density at radius 3 is 2.35 bits per heavy atom. The van der Waals surface area contributed by atoms with Crippen molar-refractivity contribution in [1.82, 2.24) is 20.8 Å². The molecule has 3 rings (SSSR count). The molecule has 3 amide bonds. The van der Waals surface area contributed by atoms with Crippen LogP contribution in [0.25, 0.3) is 11.3 Å². The number of rotatable bonds is 5. The van der Waals surface area contributed by atoms with Gasteiger partial charge < -0.3 is 15.4 Å². The highest BCUT2D eigenvalue weighted by molar-refractivity contribution is 5.99. The molecule has 190 valence electrons. The molecule has 37 heavy (non-hydrogen) atoms. The van der Waals surface area contributed by atoms with Gasteiger partial charge >= 0.3 is 6.09 Å². The zero-order chi connectivity index (χ0) is 27.0. The van der Waals surface area contributed by atoms with Crippen molar-refractivity contribution in [3.8, 4) is 23.1 Å². The van der Waals surface area contributed by atoms with Crippen molar-refractivity contribution in [2.24, 2.45) is 0 Å². The zero-order valence-electron chi connectivity index (χ0n) is 20.8. The SMILES string of the molecule is CC(NC(=O)OC(C)(C)C)C(=O)Nc1cc(C(=O)NO)cc(-c2ccc(C#Cc3cccnc3)cc2)n1. The summed E-state index contributed by atoms with van der Waals surface area (Å²) >= 11 is 0. The number of pyridine rings is 2. The molecule has 1 aromatic carbocycles. The summed E-state index contributed by atoms with van der Waals surface area (Å²) in [6.07, 6.45) is 2.60. The van der Waals surface area contributed by atoms with Crippen LogP contribution in [0.2, 0.25) is 0 Å². The second-order valence-corrected chi connectivity index (χ2v) is 8.99. The van der Waals surface area contributed by atoms with Gasteiger partial charge in [0.25, 0.3) is 5.91 Å². The third-order valence-corrected chi connectivity index (χ3v) is 4.76. The first-order valence-electron chi connectivity index (χ1n) is 11.3. The second-order valence-electron chi connectivity index (χ2n) is 8.99. The van der Waals surface area contributed by atoms with E-state index in [1.807, 2.05) is 6.07 Å². The van der Waals surface area contributed by atoms with Crippen LogP contribution in [0, 0.1) is 11.8 Å². The van der Waals surface area contributed by atoms with Crippen LogP contribution in [-0.4, -0.2) is 44.7 Å². The maximum atomic E-state index is 12.7. The van der Waals surface area contributed by atoms with Crippen molar-refractivity contribution in [3.05, 3.63) is 77.6 Å². The highest BCUT2D eigenvalue weighted by Crippen LogP contribution is 2.22. The van der Waals surface area contributed by atoms with Gasteiger partial charge in [-0.15, -0.1) is 0 Å². The number of nitrogens with one attached hydrogen (secondary N) is 3. The number of nitrogens with zero attached hydrogens (tertiary/aromatic N) is 2. The van der Waals surface area contributed by atoms with Crippen molar-refractivity contribution in [2.75, 3.05) is 5.32 Å². The van der Waals surface area contributed by atoms with E-state index in [1.165, 1.54) is 19.1 Å². The maximum Gasteiger partial charge on any atom is 0.408 e. The molecule has 0 saturated carbocycles. The fraction of sp³-hybridized carbons (Fsp3) is 0.222. The topological polar surface area (TPSA) is 143 Å². The number of hydrogen-bond acceptors (Lipinski definition) is 7. The predicted octanol–water partition coefficient (Wildman–Crippen LogP) is 3.51. The van der Waals surface area contributed by atoms with Crippen molar-refractivity contribution in [3.63, 3.8) is 0 Å². The number of ether oxygens (including phenoxy) is 1. The van der Waals surface area contributed by atoms with Gasteiger partial charge in [0, 0.05) is 34.6 Å². The van der Waals surface area contributed by atoms with E-state index in [2.05, 4.69) is 32.4 Å². The predicted molar refractivity (Wildman–Crippen MR) is 137 cm³/mol. The third kappa shape index (κ3) is 8.16. The zero-order valence-corrected chi connectivity index (χ0v) is 20.8. The van der Waals surface area contributed by atoms with E-state index in [0.717, 1.165) is 11.1 Å². The summed E-state index contributed by atoms with van der Waals surface area (Å²) in [5, 5.41) is 14.1. The average Bonchev–Trinajstić information content (AvgIpc) is 2.86. The second kappa shape index (κ2) is 11.8. The average molecular weight is 502 g/mol. The summed E-state index contributed by atoms with van der Waals surface area (Å²) in [4.78, 5) is 45.2. The molecular formula is C27H27N5O5. The normalized spacial score (nSPS) is 11.4. The number of hydrogen-bond donors (Lipinski definition) is 4. The fourth-order valence-corrected chi connectivity index (χ4v) is 3.03. The molecule has 1 atom stereocenters. The fourth-order valence-electron chi connectivity index (χ4n) is 3.03. The summed E-state index contributed by atoms with van der Waals surface area (Å²) in [7, 11) is 0. The third-order valence-electron chi connectivity index (χ3n) is 4.76. The Balaban J connectivity index is 1.81. The Morgan fingerprint density at radius 2 is 1.73 bits per heavy atom. The summed E-state index contributed by atoms with van der Waals surface area (Å²) in [6, 6.07) is 12.6. The Kier molecular flexibility index (Phi) is 8.55. The number of aromatic nitrogens is 2. The molecule has 0 spiro atoms. The largest absolute Gasteiger partial charge is 0.444 e. The minimum absolute atomic E-state index is 0.0550. The molecule has 3 aromatic rings. The minimum Gasteiger partial charge on any atom is -0.444 e. The van der Waals surface area contributed by atoms with E-state index in [1.54, 1.807) is 69.0 Å².